The van der Waals surface area contributed by atoms with Gasteiger partial charge in [0.15, 0.2) is 81.2 Å². The van der Waals surface area contributed by atoms with E-state index in [-0.39, 0.29) is 34.4 Å². The molecule has 6 aromatic rings. The molecule has 0 unspecified atom stereocenters. The monoisotopic (exact) mass is 1140 g/mol. The van der Waals surface area contributed by atoms with E-state index in [0.717, 1.165) is 132 Å². The van der Waals surface area contributed by atoms with Crippen LogP contribution in [0.15, 0.2) is 78.9 Å². The van der Waals surface area contributed by atoms with Crippen LogP contribution in [0.1, 0.15) is 182 Å². The minimum absolute atomic E-state index is 0.0107. The van der Waals surface area contributed by atoms with Crippen molar-refractivity contribution < 1.29 is 71.7 Å². The Morgan fingerprint density at radius 1 is 0.358 bits per heavy atom. The molecule has 1 N–H and O–H groups in total. The van der Waals surface area contributed by atoms with Gasteiger partial charge in [-0.1, -0.05) is 65.4 Å². The van der Waals surface area contributed by atoms with Gasteiger partial charge in [0.2, 0.25) is 0 Å². The average molecular weight is 1150 g/mol. The molecule has 0 amide bonds. The van der Waals surface area contributed by atoms with E-state index in [4.69, 9.17) is 14.6 Å². The second-order valence-corrected chi connectivity index (χ2v) is 22.0. The van der Waals surface area contributed by atoms with Gasteiger partial charge >= 0.3 is 0 Å². The number of aromatic hydroxyl groups is 1. The summed E-state index contributed by atoms with van der Waals surface area (Å²) in [5.74, 6) is -13.4. The first kappa shape index (κ1) is 62.4. The van der Waals surface area contributed by atoms with E-state index in [1.165, 1.54) is 62.1 Å². The van der Waals surface area contributed by atoms with Crippen LogP contribution < -0.4 is 9.47 Å². The molecule has 0 atom stereocenters. The van der Waals surface area contributed by atoms with Gasteiger partial charge < -0.3 is 14.6 Å². The molecule has 0 heterocycles. The molecular formula is C65H69F13O3. The smallest absolute Gasteiger partial charge is 0.194 e. The van der Waals surface area contributed by atoms with Gasteiger partial charge in [0.05, 0.1) is 5.56 Å². The number of phenolic OH excluding ortho intramolecular Hbond substituents is 1. The zero-order valence-electron chi connectivity index (χ0n) is 45.8. The molecule has 0 spiro atoms. The SMILES string of the molecule is CCCC1CCC(c2cc(F)c(O)c(F)c2)CC1.CCCC1CCC(c2cc(F)c(OCc3cc(F)c(-c4ccc(F)c(F)c4)c(F)c3)c(F)c2)CC1.CCCC1CCC(c2cc(F)c(OCc3cc(F)c(F)c(F)c3)c(F)c2)CC1. The van der Waals surface area contributed by atoms with Crippen LogP contribution in [0.25, 0.3) is 11.1 Å². The molecule has 81 heavy (non-hydrogen) atoms. The molecule has 3 nitrogen and oxygen atoms in total. The number of hydrogen-bond acceptors (Lipinski definition) is 3. The van der Waals surface area contributed by atoms with Gasteiger partial charge in [0.1, 0.15) is 24.8 Å². The van der Waals surface area contributed by atoms with Crippen molar-refractivity contribution in [2.45, 2.75) is 167 Å². The van der Waals surface area contributed by atoms with Gasteiger partial charge in [-0.25, -0.2) is 57.1 Å². The predicted molar refractivity (Wildman–Crippen MR) is 286 cm³/mol. The van der Waals surface area contributed by atoms with Crippen molar-refractivity contribution >= 4 is 0 Å². The third kappa shape index (κ3) is 16.5. The van der Waals surface area contributed by atoms with Crippen LogP contribution in [0.3, 0.4) is 0 Å². The zero-order valence-corrected chi connectivity index (χ0v) is 45.8. The molecule has 0 aromatic heterocycles. The molecule has 6 aromatic carbocycles. The molecule has 9 rings (SSSR count). The first-order valence-corrected chi connectivity index (χ1v) is 28.2. The second kappa shape index (κ2) is 29.2. The van der Waals surface area contributed by atoms with Gasteiger partial charge in [-0.05, 0) is 219 Å². The summed E-state index contributed by atoms with van der Waals surface area (Å²) in [5, 5.41) is 9.09. The lowest BCUT2D eigenvalue weighted by molar-refractivity contribution is 0.270. The Labute approximate surface area is 465 Å². The lowest BCUT2D eigenvalue weighted by Crippen LogP contribution is -2.14. The summed E-state index contributed by atoms with van der Waals surface area (Å²) < 4.78 is 190. The van der Waals surface area contributed by atoms with Gasteiger partial charge in [0, 0.05) is 0 Å². The highest BCUT2D eigenvalue weighted by atomic mass is 19.2. The number of ether oxygens (including phenoxy) is 2. The molecule has 3 aliphatic carbocycles. The Morgan fingerprint density at radius 3 is 1.00 bits per heavy atom. The fraction of sp³-hybridized carbons (Fsp3) is 0.446. The molecule has 16 heteroatoms. The van der Waals surface area contributed by atoms with E-state index >= 15 is 0 Å². The van der Waals surface area contributed by atoms with Crippen molar-refractivity contribution in [2.24, 2.45) is 17.8 Å². The van der Waals surface area contributed by atoms with E-state index in [1.54, 1.807) is 0 Å². The molecule has 0 bridgehead atoms. The Hall–Kier alpha value is -6.19. The Balaban J connectivity index is 0.000000184. The molecule has 3 fully saturated rings. The standard InChI is InChI=1S/C28H26F6O.C22H23F5O.C15H20F2O/c1-2-3-16-4-6-18(7-5-16)20-13-25(33)28(26(34)14-20)35-15-17-10-23(31)27(24(32)11-17)19-8-9-21(29)22(30)12-19;1-2-3-13-4-6-15(7-5-13)16-10-19(25)22(20(26)11-16)28-12-14-8-17(23)21(27)18(24)9-14;1-2-3-10-4-6-11(7-5-10)12-8-13(16)15(18)14(17)9-12/h8-14,16,18H,2-7,15H2,1H3;8-11,13,15H,2-7,12H2,1H3;8-11,18H,2-7H2,1H3. The molecular weight excluding hydrogens is 1080 g/mol. The largest absolute Gasteiger partial charge is 0.503 e. The second-order valence-electron chi connectivity index (χ2n) is 22.0. The number of rotatable bonds is 16. The van der Waals surface area contributed by atoms with E-state index in [1.807, 2.05) is 0 Å². The van der Waals surface area contributed by atoms with Crippen LogP contribution in [0.4, 0.5) is 57.1 Å². The van der Waals surface area contributed by atoms with Crippen molar-refractivity contribution in [2.75, 3.05) is 0 Å². The normalized spacial score (nSPS) is 20.0. The van der Waals surface area contributed by atoms with Crippen LogP contribution in [-0.4, -0.2) is 5.11 Å². The first-order chi connectivity index (χ1) is 38.8. The summed E-state index contributed by atoms with van der Waals surface area (Å²) in [7, 11) is 0. The third-order valence-corrected chi connectivity index (χ3v) is 16.2. The van der Waals surface area contributed by atoms with Crippen LogP contribution in [0.5, 0.6) is 17.2 Å². The third-order valence-electron chi connectivity index (χ3n) is 16.2. The average Bonchev–Trinajstić information content (AvgIpc) is 3.43. The van der Waals surface area contributed by atoms with Crippen LogP contribution >= 0.6 is 0 Å². The molecule has 0 aliphatic heterocycles. The quantitative estimate of drug-likeness (QED) is 0.0775. The summed E-state index contributed by atoms with van der Waals surface area (Å²) in [5.41, 5.74) is 1.10. The highest BCUT2D eigenvalue weighted by Crippen LogP contribution is 2.42. The molecule has 3 saturated carbocycles. The van der Waals surface area contributed by atoms with E-state index in [2.05, 4.69) is 20.8 Å². The van der Waals surface area contributed by atoms with Gasteiger partial charge in [0.25, 0.3) is 0 Å². The van der Waals surface area contributed by atoms with Crippen LogP contribution in [0.2, 0.25) is 0 Å². The molecule has 3 aliphatic rings. The fourth-order valence-corrected chi connectivity index (χ4v) is 11.9. The maximum atomic E-state index is 14.7. The highest BCUT2D eigenvalue weighted by Gasteiger charge is 2.28. The topological polar surface area (TPSA) is 38.7 Å². The highest BCUT2D eigenvalue weighted by molar-refractivity contribution is 5.65. The number of benzene rings is 6. The van der Waals surface area contributed by atoms with Gasteiger partial charge in [-0.2, -0.15) is 0 Å². The molecule has 0 radical (unpaired) electrons. The maximum Gasteiger partial charge on any atom is 0.194 e. The maximum absolute atomic E-state index is 14.7. The van der Waals surface area contributed by atoms with Crippen molar-refractivity contribution in [1.82, 2.24) is 0 Å². The van der Waals surface area contributed by atoms with Crippen molar-refractivity contribution in [3.05, 3.63) is 182 Å². The molecule has 438 valence electrons. The number of phenols is 1. The Morgan fingerprint density at radius 2 is 0.679 bits per heavy atom. The minimum atomic E-state index is -1.60. The van der Waals surface area contributed by atoms with Crippen LogP contribution in [0, 0.1) is 93.4 Å². The van der Waals surface area contributed by atoms with Crippen molar-refractivity contribution in [3.8, 4) is 28.4 Å². The van der Waals surface area contributed by atoms with Crippen molar-refractivity contribution in [1.29, 1.82) is 0 Å². The summed E-state index contributed by atoms with van der Waals surface area (Å²) >= 11 is 0. The van der Waals surface area contributed by atoms with Gasteiger partial charge in [-0.3, -0.25) is 0 Å². The summed E-state index contributed by atoms with van der Waals surface area (Å²) in [6, 6.07) is 13.5. The molecule has 0 saturated heterocycles. The first-order valence-electron chi connectivity index (χ1n) is 28.2. The zero-order chi connectivity index (χ0) is 58.5. The summed E-state index contributed by atoms with van der Waals surface area (Å²) in [6.07, 6.45) is 19.1. The van der Waals surface area contributed by atoms with Crippen LogP contribution in [-0.2, 0) is 13.2 Å². The van der Waals surface area contributed by atoms with Gasteiger partial charge in [-0.15, -0.1) is 0 Å². The lowest BCUT2D eigenvalue weighted by Gasteiger charge is -2.28. The van der Waals surface area contributed by atoms with E-state index in [0.29, 0.717) is 34.6 Å². The fourth-order valence-electron chi connectivity index (χ4n) is 11.9. The van der Waals surface area contributed by atoms with E-state index in [9.17, 15) is 57.1 Å². The Bertz CT molecular complexity index is 2930. The Kier molecular flexibility index (Phi) is 22.5. The summed E-state index contributed by atoms with van der Waals surface area (Å²) in [6.45, 7) is 5.53. The lowest BCUT2D eigenvalue weighted by atomic mass is 9.77. The number of hydrogen-bond donors (Lipinski definition) is 1. The number of halogens is 13. The van der Waals surface area contributed by atoms with Crippen molar-refractivity contribution in [3.63, 3.8) is 0 Å². The minimum Gasteiger partial charge on any atom is -0.503 e. The predicted octanol–water partition coefficient (Wildman–Crippen LogP) is 20.6. The summed E-state index contributed by atoms with van der Waals surface area (Å²) in [4.78, 5) is 0. The van der Waals surface area contributed by atoms with E-state index < -0.39 is 112 Å².